The van der Waals surface area contributed by atoms with E-state index in [0.29, 0.717) is 0 Å². The first kappa shape index (κ1) is 9.86. The summed E-state index contributed by atoms with van der Waals surface area (Å²) in [6, 6.07) is 12.6. The fourth-order valence-electron chi connectivity index (χ4n) is 3.02. The second-order valence-corrected chi connectivity index (χ2v) is 5.35. The van der Waals surface area contributed by atoms with E-state index in [2.05, 4.69) is 50.2 Å². The van der Waals surface area contributed by atoms with Crippen molar-refractivity contribution in [3.63, 3.8) is 0 Å². The summed E-state index contributed by atoms with van der Waals surface area (Å²) in [6.07, 6.45) is 0.533. The van der Waals surface area contributed by atoms with Gasteiger partial charge in [0.25, 0.3) is 0 Å². The lowest BCUT2D eigenvalue weighted by molar-refractivity contribution is 0.161. The van der Waals surface area contributed by atoms with Gasteiger partial charge >= 0.3 is 0 Å². The van der Waals surface area contributed by atoms with Crippen molar-refractivity contribution < 1.29 is 5.11 Å². The van der Waals surface area contributed by atoms with Crippen LogP contribution in [0.5, 0.6) is 0 Å². The number of aliphatic hydroxyl groups is 1. The quantitative estimate of drug-likeness (QED) is 0.708. The van der Waals surface area contributed by atoms with Crippen LogP contribution in [0, 0.1) is 0 Å². The minimum atomic E-state index is -0.297. The van der Waals surface area contributed by atoms with Crippen LogP contribution in [0.2, 0.25) is 0 Å². The molecule has 16 heavy (non-hydrogen) atoms. The van der Waals surface area contributed by atoms with Gasteiger partial charge in [0, 0.05) is 0 Å². The van der Waals surface area contributed by atoms with E-state index >= 15 is 0 Å². The van der Waals surface area contributed by atoms with Gasteiger partial charge in [0.15, 0.2) is 0 Å². The Morgan fingerprint density at radius 1 is 1.12 bits per heavy atom. The highest BCUT2D eigenvalue weighted by Crippen LogP contribution is 2.47. The van der Waals surface area contributed by atoms with Crippen molar-refractivity contribution in [1.29, 1.82) is 0 Å². The first-order chi connectivity index (χ1) is 7.59. The molecule has 1 aliphatic carbocycles. The highest BCUT2D eigenvalue weighted by Gasteiger charge is 2.36. The molecule has 0 saturated carbocycles. The Hall–Kier alpha value is -1.34. The number of rotatable bonds is 0. The molecular weight excluding hydrogens is 196 g/mol. The van der Waals surface area contributed by atoms with E-state index in [-0.39, 0.29) is 11.5 Å². The Bertz CT molecular complexity index is 554. The van der Waals surface area contributed by atoms with Crippen LogP contribution in [-0.2, 0) is 5.41 Å². The summed E-state index contributed by atoms with van der Waals surface area (Å²) in [5.41, 5.74) is 2.53. The predicted octanol–water partition coefficient (Wildman–Crippen LogP) is 3.55. The number of fused-ring (bicyclic) bond motifs is 3. The van der Waals surface area contributed by atoms with Crippen LogP contribution < -0.4 is 0 Å². The van der Waals surface area contributed by atoms with Crippen LogP contribution in [0.3, 0.4) is 0 Å². The maximum absolute atomic E-state index is 10.1. The van der Waals surface area contributed by atoms with Gasteiger partial charge in [0.1, 0.15) is 0 Å². The number of hydrogen-bond acceptors (Lipinski definition) is 1. The summed E-state index contributed by atoms with van der Waals surface area (Å²) in [5, 5.41) is 12.6. The lowest BCUT2D eigenvalue weighted by atomic mass is 9.83. The lowest BCUT2D eigenvalue weighted by Crippen LogP contribution is -2.12. The van der Waals surface area contributed by atoms with E-state index in [4.69, 9.17) is 0 Å². The molecule has 2 aromatic rings. The van der Waals surface area contributed by atoms with Gasteiger partial charge in [-0.15, -0.1) is 0 Å². The van der Waals surface area contributed by atoms with Gasteiger partial charge in [-0.2, -0.15) is 0 Å². The summed E-state index contributed by atoms with van der Waals surface area (Å²) in [5.74, 6) is 0. The lowest BCUT2D eigenvalue weighted by Gasteiger charge is -2.20. The Morgan fingerprint density at radius 2 is 1.88 bits per heavy atom. The van der Waals surface area contributed by atoms with Crippen LogP contribution in [0.1, 0.15) is 37.5 Å². The first-order valence-corrected chi connectivity index (χ1v) is 5.80. The van der Waals surface area contributed by atoms with Crippen LogP contribution >= 0.6 is 0 Å². The van der Waals surface area contributed by atoms with E-state index in [1.807, 2.05) is 0 Å². The molecule has 0 aromatic heterocycles. The third-order valence-electron chi connectivity index (χ3n) is 3.70. The molecule has 1 N–H and O–H groups in total. The second kappa shape index (κ2) is 3.08. The molecule has 0 fully saturated rings. The van der Waals surface area contributed by atoms with Crippen molar-refractivity contribution in [3.8, 4) is 0 Å². The molecule has 0 saturated heterocycles. The minimum absolute atomic E-state index is 0.0790. The SMILES string of the molecule is CC1(C)C[C@@H](O)c2ccc3ccccc3c21. The summed E-state index contributed by atoms with van der Waals surface area (Å²) in [7, 11) is 0. The Balaban J connectivity index is 2.42. The normalized spacial score (nSPS) is 22.3. The van der Waals surface area contributed by atoms with Gasteiger partial charge in [-0.3, -0.25) is 0 Å². The first-order valence-electron chi connectivity index (χ1n) is 5.80. The van der Waals surface area contributed by atoms with Crippen molar-refractivity contribution in [2.24, 2.45) is 0 Å². The fraction of sp³-hybridized carbons (Fsp3) is 0.333. The Morgan fingerprint density at radius 3 is 2.69 bits per heavy atom. The molecule has 0 aliphatic heterocycles. The van der Waals surface area contributed by atoms with E-state index in [9.17, 15) is 5.11 Å². The monoisotopic (exact) mass is 212 g/mol. The van der Waals surface area contributed by atoms with Gasteiger partial charge in [0.2, 0.25) is 0 Å². The van der Waals surface area contributed by atoms with Crippen LogP contribution in [0.15, 0.2) is 36.4 Å². The average molecular weight is 212 g/mol. The zero-order chi connectivity index (χ0) is 11.3. The highest BCUT2D eigenvalue weighted by atomic mass is 16.3. The number of hydrogen-bond donors (Lipinski definition) is 1. The molecule has 82 valence electrons. The van der Waals surface area contributed by atoms with Crippen molar-refractivity contribution in [1.82, 2.24) is 0 Å². The summed E-state index contributed by atoms with van der Waals surface area (Å²) in [4.78, 5) is 0. The predicted molar refractivity (Wildman–Crippen MR) is 66.6 cm³/mol. The van der Waals surface area contributed by atoms with Crippen molar-refractivity contribution >= 4 is 10.8 Å². The standard InChI is InChI=1S/C15H16O/c1-15(2)9-13(16)12-8-7-10-5-3-4-6-11(10)14(12)15/h3-8,13,16H,9H2,1-2H3/t13-/m1/s1. The number of benzene rings is 2. The zero-order valence-electron chi connectivity index (χ0n) is 9.70. The molecular formula is C15H16O. The molecule has 0 bridgehead atoms. The van der Waals surface area contributed by atoms with E-state index in [0.717, 1.165) is 12.0 Å². The molecule has 0 unspecified atom stereocenters. The van der Waals surface area contributed by atoms with Crippen LogP contribution in [0.25, 0.3) is 10.8 Å². The van der Waals surface area contributed by atoms with E-state index in [1.54, 1.807) is 0 Å². The molecule has 2 aromatic carbocycles. The van der Waals surface area contributed by atoms with Crippen LogP contribution in [0.4, 0.5) is 0 Å². The minimum Gasteiger partial charge on any atom is -0.388 e. The molecule has 3 rings (SSSR count). The van der Waals surface area contributed by atoms with Crippen molar-refractivity contribution in [2.75, 3.05) is 0 Å². The maximum atomic E-state index is 10.1. The van der Waals surface area contributed by atoms with Crippen molar-refractivity contribution in [2.45, 2.75) is 31.8 Å². The Kier molecular flexibility index (Phi) is 1.90. The Labute approximate surface area is 95.7 Å². The largest absolute Gasteiger partial charge is 0.388 e. The maximum Gasteiger partial charge on any atom is 0.0801 e. The van der Waals surface area contributed by atoms with E-state index < -0.39 is 0 Å². The van der Waals surface area contributed by atoms with Crippen LogP contribution in [-0.4, -0.2) is 5.11 Å². The molecule has 0 amide bonds. The summed E-state index contributed by atoms with van der Waals surface area (Å²) >= 11 is 0. The van der Waals surface area contributed by atoms with E-state index in [1.165, 1.54) is 16.3 Å². The van der Waals surface area contributed by atoms with Gasteiger partial charge in [-0.05, 0) is 33.7 Å². The average Bonchev–Trinajstić information content (AvgIpc) is 2.49. The molecule has 1 heteroatoms. The molecule has 1 aliphatic rings. The molecule has 0 radical (unpaired) electrons. The fourth-order valence-corrected chi connectivity index (χ4v) is 3.02. The highest BCUT2D eigenvalue weighted by molar-refractivity contribution is 5.88. The van der Waals surface area contributed by atoms with Crippen molar-refractivity contribution in [3.05, 3.63) is 47.5 Å². The molecule has 1 nitrogen and oxygen atoms in total. The third kappa shape index (κ3) is 1.21. The zero-order valence-corrected chi connectivity index (χ0v) is 9.70. The van der Waals surface area contributed by atoms with Gasteiger partial charge in [-0.1, -0.05) is 50.2 Å². The molecule has 0 heterocycles. The summed E-state index contributed by atoms with van der Waals surface area (Å²) < 4.78 is 0. The number of aliphatic hydroxyl groups excluding tert-OH is 1. The topological polar surface area (TPSA) is 20.2 Å². The smallest absolute Gasteiger partial charge is 0.0801 e. The van der Waals surface area contributed by atoms with Gasteiger partial charge < -0.3 is 5.11 Å². The molecule has 1 atom stereocenters. The third-order valence-corrected chi connectivity index (χ3v) is 3.70. The van der Waals surface area contributed by atoms with Gasteiger partial charge in [0.05, 0.1) is 6.10 Å². The molecule has 0 spiro atoms. The summed E-state index contributed by atoms with van der Waals surface area (Å²) in [6.45, 7) is 4.43. The van der Waals surface area contributed by atoms with Gasteiger partial charge in [-0.25, -0.2) is 0 Å². The second-order valence-electron chi connectivity index (χ2n) is 5.35.